The van der Waals surface area contributed by atoms with E-state index in [1.54, 1.807) is 30.5 Å². The number of benzene rings is 1. The molecule has 0 aliphatic rings. The number of carbonyl (C=O) groups excluding carboxylic acids is 1. The van der Waals surface area contributed by atoms with E-state index in [9.17, 15) is 4.79 Å². The minimum Gasteiger partial charge on any atom is -0.356 e. The molecule has 1 aromatic carbocycles. The van der Waals surface area contributed by atoms with Gasteiger partial charge in [0.15, 0.2) is 5.96 Å². The third kappa shape index (κ3) is 8.14. The number of nitrogens with zero attached hydrogens (tertiary/aromatic N) is 2. The molecule has 0 spiro atoms. The number of amides is 1. The fraction of sp³-hybridized carbons (Fsp3) is 0.389. The van der Waals surface area contributed by atoms with Crippen molar-refractivity contribution in [1.29, 1.82) is 0 Å². The summed E-state index contributed by atoms with van der Waals surface area (Å²) in [6.07, 6.45) is 0.861. The van der Waals surface area contributed by atoms with Crippen LogP contribution < -0.4 is 16.0 Å². The number of aromatic nitrogens is 1. The zero-order chi connectivity index (χ0) is 18.9. The molecule has 1 aromatic heterocycles. The highest BCUT2D eigenvalue weighted by atomic mass is 127. The molecular formula is C18H25BrIN5OS. The van der Waals surface area contributed by atoms with Crippen LogP contribution >= 0.6 is 51.2 Å². The van der Waals surface area contributed by atoms with Crippen molar-refractivity contribution in [2.75, 3.05) is 26.7 Å². The normalized spacial score (nSPS) is 10.9. The van der Waals surface area contributed by atoms with Crippen molar-refractivity contribution in [2.24, 2.45) is 4.99 Å². The van der Waals surface area contributed by atoms with Gasteiger partial charge in [0, 0.05) is 48.0 Å². The van der Waals surface area contributed by atoms with Crippen molar-refractivity contribution in [2.45, 2.75) is 20.3 Å². The smallest absolute Gasteiger partial charge is 0.251 e. The fourth-order valence-electron chi connectivity index (χ4n) is 2.24. The van der Waals surface area contributed by atoms with Crippen molar-refractivity contribution < 1.29 is 4.79 Å². The first-order chi connectivity index (χ1) is 12.5. The number of aliphatic imine (C=N–C) groups is 1. The number of hydrogen-bond acceptors (Lipinski definition) is 4. The van der Waals surface area contributed by atoms with Crippen molar-refractivity contribution in [3.63, 3.8) is 0 Å². The van der Waals surface area contributed by atoms with Gasteiger partial charge in [-0.2, -0.15) is 0 Å². The molecule has 3 N–H and O–H groups in total. The van der Waals surface area contributed by atoms with Crippen LogP contribution in [-0.4, -0.2) is 43.5 Å². The Hall–Kier alpha value is -1.20. The van der Waals surface area contributed by atoms with E-state index in [0.717, 1.165) is 28.1 Å². The predicted octanol–water partition coefficient (Wildman–Crippen LogP) is 3.28. The molecule has 2 rings (SSSR count). The number of hydrogen-bond donors (Lipinski definition) is 3. The lowest BCUT2D eigenvalue weighted by molar-refractivity contribution is 0.0954. The molecule has 0 fully saturated rings. The van der Waals surface area contributed by atoms with Crippen LogP contribution in [0.1, 0.15) is 25.9 Å². The quantitative estimate of drug-likeness (QED) is 0.208. The Morgan fingerprint density at radius 2 is 1.89 bits per heavy atom. The second kappa shape index (κ2) is 12.3. The molecule has 1 amide bonds. The van der Waals surface area contributed by atoms with E-state index in [1.807, 2.05) is 19.1 Å². The predicted molar refractivity (Wildman–Crippen MR) is 127 cm³/mol. The highest BCUT2D eigenvalue weighted by Crippen LogP contribution is 2.16. The fourth-order valence-corrected chi connectivity index (χ4v) is 3.58. The van der Waals surface area contributed by atoms with Crippen LogP contribution in [0.25, 0.3) is 0 Å². The molecule has 0 atom stereocenters. The molecule has 9 heteroatoms. The summed E-state index contributed by atoms with van der Waals surface area (Å²) >= 11 is 5.10. The van der Waals surface area contributed by atoms with E-state index >= 15 is 0 Å². The molecule has 0 radical (unpaired) electrons. The van der Waals surface area contributed by atoms with Crippen molar-refractivity contribution in [3.8, 4) is 0 Å². The first-order valence-corrected chi connectivity index (χ1v) is 10.0. The van der Waals surface area contributed by atoms with E-state index < -0.39 is 0 Å². The molecule has 2 aromatic rings. The number of aryl methyl sites for hydroxylation is 2. The highest BCUT2D eigenvalue weighted by Gasteiger charge is 2.06. The zero-order valence-corrected chi connectivity index (χ0v) is 20.4. The van der Waals surface area contributed by atoms with E-state index in [4.69, 9.17) is 0 Å². The average molecular weight is 566 g/mol. The van der Waals surface area contributed by atoms with Gasteiger partial charge in [0.2, 0.25) is 0 Å². The lowest BCUT2D eigenvalue weighted by Gasteiger charge is -2.12. The van der Waals surface area contributed by atoms with Gasteiger partial charge in [0.25, 0.3) is 5.91 Å². The highest BCUT2D eigenvalue weighted by molar-refractivity contribution is 14.0. The molecule has 0 aliphatic carbocycles. The Kier molecular flexibility index (Phi) is 10.9. The summed E-state index contributed by atoms with van der Waals surface area (Å²) in [5, 5.41) is 10.5. The van der Waals surface area contributed by atoms with E-state index in [0.29, 0.717) is 24.6 Å². The molecule has 0 saturated heterocycles. The first-order valence-electron chi connectivity index (χ1n) is 8.40. The molecule has 148 valence electrons. The zero-order valence-electron chi connectivity index (χ0n) is 15.6. The summed E-state index contributed by atoms with van der Waals surface area (Å²) in [6.45, 7) is 5.99. The lowest BCUT2D eigenvalue weighted by Crippen LogP contribution is -2.42. The van der Waals surface area contributed by atoms with Gasteiger partial charge in [-0.1, -0.05) is 22.0 Å². The van der Waals surface area contributed by atoms with Crippen LogP contribution in [0.4, 0.5) is 0 Å². The number of guanidine groups is 1. The maximum Gasteiger partial charge on any atom is 0.251 e. The molecule has 6 nitrogen and oxygen atoms in total. The average Bonchev–Trinajstić information content (AvgIpc) is 2.94. The Labute approximate surface area is 189 Å². The van der Waals surface area contributed by atoms with Crippen LogP contribution in [0, 0.1) is 13.8 Å². The molecule has 0 bridgehead atoms. The van der Waals surface area contributed by atoms with Gasteiger partial charge >= 0.3 is 0 Å². The number of carbonyl (C=O) groups is 1. The number of thiazole rings is 1. The Morgan fingerprint density at radius 1 is 1.19 bits per heavy atom. The maximum atomic E-state index is 12.1. The summed E-state index contributed by atoms with van der Waals surface area (Å²) in [6, 6.07) is 7.32. The molecule has 27 heavy (non-hydrogen) atoms. The number of nitrogens with one attached hydrogen (secondary N) is 3. The summed E-state index contributed by atoms with van der Waals surface area (Å²) in [5.41, 5.74) is 1.74. The van der Waals surface area contributed by atoms with Crippen LogP contribution in [0.5, 0.6) is 0 Å². The molecule has 0 aliphatic heterocycles. The minimum absolute atomic E-state index is 0. The summed E-state index contributed by atoms with van der Waals surface area (Å²) in [4.78, 5) is 22.0. The largest absolute Gasteiger partial charge is 0.356 e. The molecular weight excluding hydrogens is 541 g/mol. The molecule has 1 heterocycles. The van der Waals surface area contributed by atoms with Gasteiger partial charge in [0.1, 0.15) is 0 Å². The molecule has 0 unspecified atom stereocenters. The molecule has 0 saturated carbocycles. The van der Waals surface area contributed by atoms with Gasteiger partial charge < -0.3 is 16.0 Å². The topological polar surface area (TPSA) is 78.4 Å². The lowest BCUT2D eigenvalue weighted by atomic mass is 10.2. The van der Waals surface area contributed by atoms with E-state index in [2.05, 4.69) is 48.8 Å². The van der Waals surface area contributed by atoms with Crippen LogP contribution in [0.3, 0.4) is 0 Å². The number of halogens is 2. The monoisotopic (exact) mass is 565 g/mol. The maximum absolute atomic E-state index is 12.1. The SMILES string of the molecule is CN=C(NCCNC(=O)c1cccc(Br)c1)NCCc1nc(C)c(C)s1.I. The van der Waals surface area contributed by atoms with Crippen LogP contribution in [-0.2, 0) is 6.42 Å². The second-order valence-corrected chi connectivity index (χ2v) is 7.89. The Bertz CT molecular complexity index is 761. The van der Waals surface area contributed by atoms with Gasteiger partial charge in [-0.15, -0.1) is 35.3 Å². The minimum atomic E-state index is -0.0921. The van der Waals surface area contributed by atoms with E-state index in [-0.39, 0.29) is 29.9 Å². The van der Waals surface area contributed by atoms with Crippen molar-refractivity contribution in [3.05, 3.63) is 49.9 Å². The Morgan fingerprint density at radius 3 is 2.52 bits per heavy atom. The van der Waals surface area contributed by atoms with Crippen molar-refractivity contribution in [1.82, 2.24) is 20.9 Å². The summed E-state index contributed by atoms with van der Waals surface area (Å²) in [5.74, 6) is 0.622. The van der Waals surface area contributed by atoms with Gasteiger partial charge in [0.05, 0.1) is 10.7 Å². The summed E-state index contributed by atoms with van der Waals surface area (Å²) < 4.78 is 0.887. The van der Waals surface area contributed by atoms with Crippen LogP contribution in [0.2, 0.25) is 0 Å². The second-order valence-electron chi connectivity index (χ2n) is 5.69. The van der Waals surface area contributed by atoms with Gasteiger partial charge in [-0.3, -0.25) is 9.79 Å². The third-order valence-corrected chi connectivity index (χ3v) is 5.34. The Balaban J connectivity index is 0.00000364. The first kappa shape index (κ1) is 23.8. The van der Waals surface area contributed by atoms with Gasteiger partial charge in [-0.25, -0.2) is 4.98 Å². The standard InChI is InChI=1S/C18H24BrN5OS.HI/c1-12-13(2)26-16(24-12)7-8-22-18(20-3)23-10-9-21-17(25)14-5-4-6-15(19)11-14;/h4-6,11H,7-10H2,1-3H3,(H,21,25)(H2,20,22,23);1H. The van der Waals surface area contributed by atoms with Gasteiger partial charge in [-0.05, 0) is 32.0 Å². The third-order valence-electron chi connectivity index (χ3n) is 3.72. The van der Waals surface area contributed by atoms with Crippen molar-refractivity contribution >= 4 is 63.1 Å². The summed E-state index contributed by atoms with van der Waals surface area (Å²) in [7, 11) is 1.73. The van der Waals surface area contributed by atoms with E-state index in [1.165, 1.54) is 4.88 Å². The number of rotatable bonds is 7. The van der Waals surface area contributed by atoms with Crippen LogP contribution in [0.15, 0.2) is 33.7 Å².